The van der Waals surface area contributed by atoms with Crippen LogP contribution >= 0.6 is 0 Å². The van der Waals surface area contributed by atoms with Crippen molar-refractivity contribution in [1.29, 1.82) is 0 Å². The first-order valence-corrected chi connectivity index (χ1v) is 15.3. The number of aromatic hydroxyl groups is 1. The summed E-state index contributed by atoms with van der Waals surface area (Å²) in [4.78, 5) is 18.2. The van der Waals surface area contributed by atoms with E-state index in [-0.39, 0.29) is 29.4 Å². The van der Waals surface area contributed by atoms with Gasteiger partial charge in [-0.1, -0.05) is 41.6 Å². The number of fused-ring (bicyclic) bond motifs is 1. The van der Waals surface area contributed by atoms with E-state index in [2.05, 4.69) is 32.2 Å². The molecule has 1 fully saturated rings. The Kier molecular flexibility index (Phi) is 8.87. The molecule has 0 radical (unpaired) electrons. The van der Waals surface area contributed by atoms with Crippen molar-refractivity contribution >= 4 is 17.2 Å². The van der Waals surface area contributed by atoms with Crippen LogP contribution in [0.5, 0.6) is 17.2 Å². The summed E-state index contributed by atoms with van der Waals surface area (Å²) in [5.74, 6) is -0.332. The molecule has 1 aromatic heterocycles. The van der Waals surface area contributed by atoms with Crippen molar-refractivity contribution in [1.82, 2.24) is 15.0 Å². The molecule has 47 heavy (non-hydrogen) atoms. The van der Waals surface area contributed by atoms with Crippen molar-refractivity contribution in [3.05, 3.63) is 106 Å². The summed E-state index contributed by atoms with van der Waals surface area (Å²) < 4.78 is 54.1. The number of halogens is 3. The Morgan fingerprint density at radius 1 is 1.04 bits per heavy atom. The maximum Gasteiger partial charge on any atom is 0.573 e. The standard InChI is InChI=1S/C35H35F3N4O5/c1-21-32(22(2)47-40-21)39-34(44)29-20-42(19-24-7-6-8-26(15-24)46-35(36,37)38)33(28-17-31(45-3)30(43)16-27(28)29)25-11-9-23(10-12-25)18-41-13-4-5-14-41/h6-12,15-17,20,33,43H,4-5,13-14,18-19H2,1-3H3,(H,39,44). The summed E-state index contributed by atoms with van der Waals surface area (Å²) in [5, 5.41) is 17.6. The van der Waals surface area contributed by atoms with E-state index in [1.54, 1.807) is 32.2 Å². The van der Waals surface area contributed by atoms with Crippen LogP contribution in [-0.4, -0.2) is 52.5 Å². The number of methoxy groups -OCH3 is 1. The lowest BCUT2D eigenvalue weighted by atomic mass is 9.85. The molecule has 0 saturated carbocycles. The van der Waals surface area contributed by atoms with Crippen LogP contribution < -0.4 is 14.8 Å². The predicted molar refractivity (Wildman–Crippen MR) is 169 cm³/mol. The minimum atomic E-state index is -4.84. The fraction of sp³-hybridized carbons (Fsp3) is 0.314. The molecule has 2 aliphatic heterocycles. The number of anilines is 1. The monoisotopic (exact) mass is 648 g/mol. The number of carbonyl (C=O) groups excluding carboxylic acids is 1. The largest absolute Gasteiger partial charge is 0.573 e. The van der Waals surface area contributed by atoms with Gasteiger partial charge in [0.25, 0.3) is 5.91 Å². The van der Waals surface area contributed by atoms with Crippen molar-refractivity contribution in [2.45, 2.75) is 52.2 Å². The van der Waals surface area contributed by atoms with Gasteiger partial charge in [0.15, 0.2) is 17.3 Å². The molecule has 12 heteroatoms. The number of phenols is 1. The number of hydrogen-bond donors (Lipinski definition) is 2. The minimum Gasteiger partial charge on any atom is -0.504 e. The Labute approximate surface area is 270 Å². The number of carbonyl (C=O) groups is 1. The zero-order chi connectivity index (χ0) is 33.3. The molecule has 6 rings (SSSR count). The number of aryl methyl sites for hydroxylation is 2. The maximum absolute atomic E-state index is 13.9. The first kappa shape index (κ1) is 32.0. The number of nitrogens with zero attached hydrogens (tertiary/aromatic N) is 3. The van der Waals surface area contributed by atoms with Gasteiger partial charge in [0, 0.05) is 19.3 Å². The van der Waals surface area contributed by atoms with E-state index >= 15 is 0 Å². The van der Waals surface area contributed by atoms with Crippen LogP contribution in [0, 0.1) is 13.8 Å². The van der Waals surface area contributed by atoms with Crippen molar-refractivity contribution < 1.29 is 37.1 Å². The molecule has 246 valence electrons. The predicted octanol–water partition coefficient (Wildman–Crippen LogP) is 7.08. The van der Waals surface area contributed by atoms with Gasteiger partial charge in [-0.25, -0.2) is 0 Å². The quantitative estimate of drug-likeness (QED) is 0.199. The van der Waals surface area contributed by atoms with E-state index < -0.39 is 18.3 Å². The highest BCUT2D eigenvalue weighted by Crippen LogP contribution is 2.45. The van der Waals surface area contributed by atoms with Crippen molar-refractivity contribution in [2.75, 3.05) is 25.5 Å². The molecule has 3 aromatic carbocycles. The number of aromatic nitrogens is 1. The van der Waals surface area contributed by atoms with Crippen LogP contribution in [0.25, 0.3) is 5.57 Å². The minimum absolute atomic E-state index is 0.125. The molecule has 9 nitrogen and oxygen atoms in total. The molecule has 1 amide bonds. The van der Waals surface area contributed by atoms with Crippen LogP contribution in [0.2, 0.25) is 0 Å². The third kappa shape index (κ3) is 7.07. The first-order valence-electron chi connectivity index (χ1n) is 15.3. The Bertz CT molecular complexity index is 1780. The van der Waals surface area contributed by atoms with E-state index in [1.807, 2.05) is 17.0 Å². The lowest BCUT2D eigenvalue weighted by Crippen LogP contribution is -2.31. The van der Waals surface area contributed by atoms with E-state index in [0.29, 0.717) is 33.8 Å². The third-order valence-corrected chi connectivity index (χ3v) is 8.48. The molecule has 0 spiro atoms. The summed E-state index contributed by atoms with van der Waals surface area (Å²) in [6.07, 6.45) is -0.797. The SMILES string of the molecule is COc1cc2c(cc1O)C(C(=O)Nc1c(C)noc1C)=CN(Cc1cccc(OC(F)(F)F)c1)C2c1ccc(CN2CCCC2)cc1. The second-order valence-corrected chi connectivity index (χ2v) is 11.8. The van der Waals surface area contributed by atoms with Gasteiger partial charge in [-0.15, -0.1) is 13.2 Å². The van der Waals surface area contributed by atoms with Gasteiger partial charge >= 0.3 is 6.36 Å². The third-order valence-electron chi connectivity index (χ3n) is 8.48. The summed E-state index contributed by atoms with van der Waals surface area (Å²) in [7, 11) is 1.44. The van der Waals surface area contributed by atoms with Gasteiger partial charge in [-0.2, -0.15) is 0 Å². The number of hydrogen-bond acceptors (Lipinski definition) is 8. The smallest absolute Gasteiger partial charge is 0.504 e. The normalized spacial score (nSPS) is 16.5. The van der Waals surface area contributed by atoms with E-state index in [4.69, 9.17) is 9.26 Å². The molecule has 1 unspecified atom stereocenters. The number of rotatable bonds is 9. The molecule has 1 atom stereocenters. The fourth-order valence-electron chi connectivity index (χ4n) is 6.28. The average Bonchev–Trinajstić information content (AvgIpc) is 3.65. The average molecular weight is 649 g/mol. The summed E-state index contributed by atoms with van der Waals surface area (Å²) in [6, 6.07) is 16.7. The van der Waals surface area contributed by atoms with E-state index in [1.165, 1.54) is 44.2 Å². The molecule has 1 saturated heterocycles. The Morgan fingerprint density at radius 3 is 2.45 bits per heavy atom. The molecule has 4 aromatic rings. The lowest BCUT2D eigenvalue weighted by Gasteiger charge is -2.38. The summed E-state index contributed by atoms with van der Waals surface area (Å²) in [6.45, 7) is 6.48. The number of phenolic OH excluding ortho intramolecular Hbond substituents is 1. The van der Waals surface area contributed by atoms with Crippen molar-refractivity contribution in [2.24, 2.45) is 0 Å². The Morgan fingerprint density at radius 2 is 1.79 bits per heavy atom. The molecule has 0 bridgehead atoms. The molecule has 2 aliphatic rings. The number of amides is 1. The topological polar surface area (TPSA) is 100 Å². The van der Waals surface area contributed by atoms with Crippen LogP contribution in [-0.2, 0) is 17.9 Å². The summed E-state index contributed by atoms with van der Waals surface area (Å²) >= 11 is 0. The molecule has 2 N–H and O–H groups in total. The fourth-order valence-corrected chi connectivity index (χ4v) is 6.28. The lowest BCUT2D eigenvalue weighted by molar-refractivity contribution is -0.274. The van der Waals surface area contributed by atoms with Crippen LogP contribution in [0.1, 0.15) is 58.2 Å². The second-order valence-electron chi connectivity index (χ2n) is 11.8. The van der Waals surface area contributed by atoms with Crippen molar-refractivity contribution in [3.8, 4) is 17.2 Å². The zero-order valence-corrected chi connectivity index (χ0v) is 26.2. The molecule has 3 heterocycles. The van der Waals surface area contributed by atoms with Gasteiger partial charge in [-0.05, 0) is 91.9 Å². The van der Waals surface area contributed by atoms with Gasteiger partial charge in [0.05, 0.1) is 18.7 Å². The van der Waals surface area contributed by atoms with Crippen LogP contribution in [0.4, 0.5) is 18.9 Å². The number of benzene rings is 3. The van der Waals surface area contributed by atoms with E-state index in [0.717, 1.165) is 30.8 Å². The number of nitrogens with one attached hydrogen (secondary N) is 1. The number of likely N-dealkylation sites (tertiary alicyclic amines) is 1. The first-order chi connectivity index (χ1) is 22.5. The van der Waals surface area contributed by atoms with Crippen molar-refractivity contribution in [3.63, 3.8) is 0 Å². The highest BCUT2D eigenvalue weighted by Gasteiger charge is 2.34. The van der Waals surface area contributed by atoms with E-state index in [9.17, 15) is 23.1 Å². The molecular formula is C35H35F3N4O5. The van der Waals surface area contributed by atoms with Gasteiger partial charge in [0.2, 0.25) is 0 Å². The van der Waals surface area contributed by atoms with Gasteiger partial charge in [-0.3, -0.25) is 9.69 Å². The van der Waals surface area contributed by atoms with Gasteiger partial charge in [0.1, 0.15) is 17.1 Å². The summed E-state index contributed by atoms with van der Waals surface area (Å²) in [5.41, 5.74) is 4.86. The van der Waals surface area contributed by atoms with Gasteiger partial charge < -0.3 is 29.3 Å². The highest BCUT2D eigenvalue weighted by atomic mass is 19.4. The number of alkyl halides is 3. The highest BCUT2D eigenvalue weighted by molar-refractivity contribution is 6.26. The van der Waals surface area contributed by atoms with Crippen LogP contribution in [0.3, 0.4) is 0 Å². The second kappa shape index (κ2) is 13.0. The Balaban J connectivity index is 1.44. The van der Waals surface area contributed by atoms with Crippen LogP contribution in [0.15, 0.2) is 71.4 Å². The number of ether oxygens (including phenoxy) is 2. The molecular weight excluding hydrogens is 613 g/mol. The maximum atomic E-state index is 13.9. The zero-order valence-electron chi connectivity index (χ0n) is 26.2. The molecule has 0 aliphatic carbocycles. The Hall–Kier alpha value is -4.97.